The van der Waals surface area contributed by atoms with E-state index in [2.05, 4.69) is 5.32 Å². The van der Waals surface area contributed by atoms with Crippen LogP contribution in [0.2, 0.25) is 5.02 Å². The summed E-state index contributed by atoms with van der Waals surface area (Å²) in [6.07, 6.45) is 2.02. The lowest BCUT2D eigenvalue weighted by Gasteiger charge is -2.13. The van der Waals surface area contributed by atoms with Crippen LogP contribution in [0.4, 0.5) is 5.69 Å². The number of thioether (sulfide) groups is 1. The number of fused-ring (bicyclic) bond motifs is 1. The molecule has 5 nitrogen and oxygen atoms in total. The van der Waals surface area contributed by atoms with Crippen molar-refractivity contribution in [3.05, 3.63) is 93.7 Å². The topological polar surface area (TPSA) is 64.0 Å². The van der Waals surface area contributed by atoms with E-state index in [1.165, 1.54) is 11.8 Å². The number of aryl methyl sites for hydroxylation is 1. The molecule has 0 bridgehead atoms. The Labute approximate surface area is 201 Å². The van der Waals surface area contributed by atoms with E-state index in [9.17, 15) is 9.59 Å². The lowest BCUT2D eigenvalue weighted by molar-refractivity contribution is -0.116. The van der Waals surface area contributed by atoms with Crippen molar-refractivity contribution in [2.75, 3.05) is 11.1 Å². The summed E-state index contributed by atoms with van der Waals surface area (Å²) < 4.78 is 1.61. The number of nitrogens with one attached hydrogen (secondary N) is 1. The predicted molar refractivity (Wildman–Crippen MR) is 137 cm³/mol. The quantitative estimate of drug-likeness (QED) is 0.185. The molecular weight excluding hydrogens is 454 g/mol. The number of carbonyl (C=O) groups is 1. The fourth-order valence-electron chi connectivity index (χ4n) is 3.46. The number of para-hydroxylation sites is 1. The van der Waals surface area contributed by atoms with Crippen LogP contribution in [0.5, 0.6) is 0 Å². The van der Waals surface area contributed by atoms with Gasteiger partial charge in [-0.1, -0.05) is 59.3 Å². The van der Waals surface area contributed by atoms with Crippen LogP contribution in [-0.4, -0.2) is 21.2 Å². The monoisotopic (exact) mass is 477 g/mol. The molecule has 0 aliphatic carbocycles. The van der Waals surface area contributed by atoms with E-state index >= 15 is 0 Å². The third-order valence-corrected chi connectivity index (χ3v) is 6.44. The minimum atomic E-state index is -0.122. The van der Waals surface area contributed by atoms with Gasteiger partial charge in [-0.05, 0) is 62.2 Å². The second-order valence-corrected chi connectivity index (χ2v) is 9.25. The average Bonchev–Trinajstić information content (AvgIpc) is 2.80. The van der Waals surface area contributed by atoms with Crippen LogP contribution < -0.4 is 10.9 Å². The molecule has 0 aliphatic rings. The molecule has 0 fully saturated rings. The summed E-state index contributed by atoms with van der Waals surface area (Å²) in [6.45, 7) is 2.01. The van der Waals surface area contributed by atoms with Gasteiger partial charge in [-0.15, -0.1) is 0 Å². The second kappa shape index (κ2) is 10.7. The number of aromatic nitrogens is 2. The molecule has 4 rings (SSSR count). The standard InChI is InChI=1S/C26H24ClN3O2S/c1-18-12-14-20(15-13-18)28-24(31)11-4-5-16-33-26-29-23-10-3-2-9-22(23)25(32)30(26)21-8-6-7-19(27)17-21/h2-3,6-10,12-15,17H,4-5,11,16H2,1H3,(H,28,31). The third-order valence-electron chi connectivity index (χ3n) is 5.18. The van der Waals surface area contributed by atoms with Crippen LogP contribution in [0.15, 0.2) is 82.7 Å². The first-order chi connectivity index (χ1) is 16.0. The summed E-state index contributed by atoms with van der Waals surface area (Å²) in [6, 6.07) is 22.3. The smallest absolute Gasteiger partial charge is 0.266 e. The van der Waals surface area contributed by atoms with Gasteiger partial charge in [-0.3, -0.25) is 14.2 Å². The second-order valence-electron chi connectivity index (χ2n) is 7.75. The van der Waals surface area contributed by atoms with Gasteiger partial charge in [0.1, 0.15) is 0 Å². The Balaban J connectivity index is 1.43. The number of hydrogen-bond donors (Lipinski definition) is 1. The number of rotatable bonds is 8. The fourth-order valence-corrected chi connectivity index (χ4v) is 4.66. The van der Waals surface area contributed by atoms with Gasteiger partial charge in [-0.2, -0.15) is 0 Å². The predicted octanol–water partition coefficient (Wildman–Crippen LogP) is 6.25. The molecule has 1 amide bonds. The van der Waals surface area contributed by atoms with Crippen LogP contribution in [0.3, 0.4) is 0 Å². The number of nitrogens with zero attached hydrogens (tertiary/aromatic N) is 2. The number of amides is 1. The van der Waals surface area contributed by atoms with E-state index in [-0.39, 0.29) is 11.5 Å². The molecule has 3 aromatic carbocycles. The van der Waals surface area contributed by atoms with E-state index in [0.29, 0.717) is 33.2 Å². The molecule has 7 heteroatoms. The zero-order valence-corrected chi connectivity index (χ0v) is 19.8. The number of unbranched alkanes of at least 4 members (excludes halogenated alkanes) is 1. The van der Waals surface area contributed by atoms with Gasteiger partial charge in [0.05, 0.1) is 16.6 Å². The summed E-state index contributed by atoms with van der Waals surface area (Å²) >= 11 is 7.69. The molecular formula is C26H24ClN3O2S. The van der Waals surface area contributed by atoms with Crippen molar-refractivity contribution in [3.8, 4) is 5.69 Å². The normalized spacial score (nSPS) is 11.0. The molecule has 0 atom stereocenters. The Bertz CT molecular complexity index is 1340. The van der Waals surface area contributed by atoms with E-state index in [1.54, 1.807) is 22.8 Å². The van der Waals surface area contributed by atoms with Crippen molar-refractivity contribution < 1.29 is 4.79 Å². The first-order valence-corrected chi connectivity index (χ1v) is 12.1. The highest BCUT2D eigenvalue weighted by Gasteiger charge is 2.13. The molecule has 1 aromatic heterocycles. The Kier molecular flexibility index (Phi) is 7.47. The molecule has 4 aromatic rings. The Morgan fingerprint density at radius 3 is 2.61 bits per heavy atom. The van der Waals surface area contributed by atoms with E-state index in [1.807, 2.05) is 61.5 Å². The largest absolute Gasteiger partial charge is 0.326 e. The molecule has 0 saturated carbocycles. The minimum Gasteiger partial charge on any atom is -0.326 e. The summed E-state index contributed by atoms with van der Waals surface area (Å²) in [5, 5.41) is 4.66. The first kappa shape index (κ1) is 23.1. The van der Waals surface area contributed by atoms with Gasteiger partial charge >= 0.3 is 0 Å². The van der Waals surface area contributed by atoms with Gasteiger partial charge in [0.15, 0.2) is 5.16 Å². The number of carbonyl (C=O) groups excluding carboxylic acids is 1. The van der Waals surface area contributed by atoms with E-state index in [0.717, 1.165) is 29.8 Å². The molecule has 33 heavy (non-hydrogen) atoms. The van der Waals surface area contributed by atoms with E-state index in [4.69, 9.17) is 16.6 Å². The van der Waals surface area contributed by atoms with Gasteiger partial charge in [0, 0.05) is 22.9 Å². The van der Waals surface area contributed by atoms with Crippen LogP contribution in [0, 0.1) is 6.92 Å². The maximum Gasteiger partial charge on any atom is 0.266 e. The van der Waals surface area contributed by atoms with Gasteiger partial charge in [-0.25, -0.2) is 4.98 Å². The van der Waals surface area contributed by atoms with E-state index < -0.39 is 0 Å². The molecule has 0 unspecified atom stereocenters. The molecule has 1 N–H and O–H groups in total. The minimum absolute atomic E-state index is 0.00326. The molecule has 168 valence electrons. The average molecular weight is 478 g/mol. The third kappa shape index (κ3) is 5.83. The number of halogens is 1. The van der Waals surface area contributed by atoms with Crippen LogP contribution >= 0.6 is 23.4 Å². The molecule has 1 heterocycles. The number of anilines is 1. The molecule has 0 radical (unpaired) electrons. The van der Waals surface area contributed by atoms with Gasteiger partial charge < -0.3 is 5.32 Å². The zero-order chi connectivity index (χ0) is 23.2. The molecule has 0 saturated heterocycles. The van der Waals surface area contributed by atoms with Crippen molar-refractivity contribution in [3.63, 3.8) is 0 Å². The maximum absolute atomic E-state index is 13.2. The SMILES string of the molecule is Cc1ccc(NC(=O)CCCCSc2nc3ccccc3c(=O)n2-c2cccc(Cl)c2)cc1. The zero-order valence-electron chi connectivity index (χ0n) is 18.3. The highest BCUT2D eigenvalue weighted by atomic mass is 35.5. The summed E-state index contributed by atoms with van der Waals surface area (Å²) in [5.41, 5.74) is 3.20. The molecule has 0 spiro atoms. The molecule has 0 aliphatic heterocycles. The van der Waals surface area contributed by atoms with Crippen molar-refractivity contribution in [1.82, 2.24) is 9.55 Å². The van der Waals surface area contributed by atoms with Crippen molar-refractivity contribution in [1.29, 1.82) is 0 Å². The van der Waals surface area contributed by atoms with Crippen LogP contribution in [0.1, 0.15) is 24.8 Å². The Morgan fingerprint density at radius 1 is 1.03 bits per heavy atom. The summed E-state index contributed by atoms with van der Waals surface area (Å²) in [4.78, 5) is 30.2. The first-order valence-electron chi connectivity index (χ1n) is 10.8. The lowest BCUT2D eigenvalue weighted by Crippen LogP contribution is -2.21. The number of hydrogen-bond acceptors (Lipinski definition) is 4. The lowest BCUT2D eigenvalue weighted by atomic mass is 10.2. The Morgan fingerprint density at radius 2 is 1.82 bits per heavy atom. The van der Waals surface area contributed by atoms with Crippen LogP contribution in [0.25, 0.3) is 16.6 Å². The fraction of sp³-hybridized carbons (Fsp3) is 0.192. The van der Waals surface area contributed by atoms with Gasteiger partial charge in [0.2, 0.25) is 5.91 Å². The maximum atomic E-state index is 13.2. The Hall–Kier alpha value is -3.09. The summed E-state index contributed by atoms with van der Waals surface area (Å²) in [5.74, 6) is 0.743. The highest BCUT2D eigenvalue weighted by molar-refractivity contribution is 7.99. The van der Waals surface area contributed by atoms with Crippen molar-refractivity contribution >= 4 is 45.9 Å². The van der Waals surface area contributed by atoms with Crippen molar-refractivity contribution in [2.45, 2.75) is 31.3 Å². The van der Waals surface area contributed by atoms with Gasteiger partial charge in [0.25, 0.3) is 5.56 Å². The highest BCUT2D eigenvalue weighted by Crippen LogP contribution is 2.24. The van der Waals surface area contributed by atoms with Crippen molar-refractivity contribution in [2.24, 2.45) is 0 Å². The van der Waals surface area contributed by atoms with Crippen LogP contribution in [-0.2, 0) is 4.79 Å². The number of benzene rings is 3. The summed E-state index contributed by atoms with van der Waals surface area (Å²) in [7, 11) is 0.